The smallest absolute Gasteiger partial charge is 0.324 e. The first-order valence-electron chi connectivity index (χ1n) is 7.41. The first kappa shape index (κ1) is 17.5. The van der Waals surface area contributed by atoms with Crippen LogP contribution in [-0.4, -0.2) is 41.0 Å². The number of aliphatic carboxylic acids is 1. The van der Waals surface area contributed by atoms with E-state index in [1.807, 2.05) is 0 Å². The summed E-state index contributed by atoms with van der Waals surface area (Å²) in [6, 6.07) is -0.366. The van der Waals surface area contributed by atoms with E-state index in [4.69, 9.17) is 5.11 Å². The highest BCUT2D eigenvalue weighted by Crippen LogP contribution is 2.25. The molecule has 1 aliphatic rings. The molecule has 0 aromatic heterocycles. The molecule has 1 saturated heterocycles. The monoisotopic (exact) mass is 298 g/mol. The number of carbonyl (C=O) groups excluding carboxylic acids is 2. The molecular weight excluding hydrogens is 272 g/mol. The maximum absolute atomic E-state index is 12.0. The number of carboxylic acids is 1. The first-order valence-corrected chi connectivity index (χ1v) is 7.41. The van der Waals surface area contributed by atoms with Crippen LogP contribution in [0.2, 0.25) is 0 Å². The number of nitrogens with one attached hydrogen (secondary N) is 1. The van der Waals surface area contributed by atoms with Crippen molar-refractivity contribution >= 4 is 17.9 Å². The van der Waals surface area contributed by atoms with Crippen LogP contribution < -0.4 is 5.32 Å². The largest absolute Gasteiger partial charge is 0.481 e. The molecule has 6 heteroatoms. The Morgan fingerprint density at radius 2 is 1.90 bits per heavy atom. The molecule has 1 fully saturated rings. The van der Waals surface area contributed by atoms with Gasteiger partial charge in [0.1, 0.15) is 0 Å². The maximum Gasteiger partial charge on any atom is 0.324 e. The fraction of sp³-hybridized carbons (Fsp3) is 0.800. The van der Waals surface area contributed by atoms with Gasteiger partial charge in [-0.25, -0.2) is 4.79 Å². The van der Waals surface area contributed by atoms with Crippen LogP contribution >= 0.6 is 0 Å². The minimum absolute atomic E-state index is 0.0203. The average Bonchev–Trinajstić information content (AvgIpc) is 2.74. The van der Waals surface area contributed by atoms with E-state index < -0.39 is 17.3 Å². The molecular formula is C15H26N2O4. The van der Waals surface area contributed by atoms with Gasteiger partial charge in [0, 0.05) is 19.5 Å². The van der Waals surface area contributed by atoms with Gasteiger partial charge in [0.15, 0.2) is 0 Å². The Morgan fingerprint density at radius 1 is 1.29 bits per heavy atom. The Hall–Kier alpha value is -1.59. The topological polar surface area (TPSA) is 86.7 Å². The Kier molecular flexibility index (Phi) is 5.75. The van der Waals surface area contributed by atoms with Crippen molar-refractivity contribution in [2.24, 2.45) is 17.3 Å². The highest BCUT2D eigenvalue weighted by atomic mass is 16.4. The van der Waals surface area contributed by atoms with E-state index in [0.29, 0.717) is 24.9 Å². The zero-order valence-corrected chi connectivity index (χ0v) is 13.3. The summed E-state index contributed by atoms with van der Waals surface area (Å²) in [6.45, 7) is 9.01. The number of nitrogens with zero attached hydrogens (tertiary/aromatic N) is 1. The normalized spacial score (nSPS) is 18.9. The molecule has 0 saturated carbocycles. The second-order valence-electron chi connectivity index (χ2n) is 7.00. The number of carboxylic acid groups (broad SMARTS) is 1. The van der Waals surface area contributed by atoms with Crippen molar-refractivity contribution in [3.05, 3.63) is 0 Å². The Labute approximate surface area is 125 Å². The van der Waals surface area contributed by atoms with Crippen molar-refractivity contribution in [3.63, 3.8) is 0 Å². The molecule has 2 N–H and O–H groups in total. The van der Waals surface area contributed by atoms with Crippen molar-refractivity contribution < 1.29 is 19.5 Å². The van der Waals surface area contributed by atoms with Gasteiger partial charge in [-0.05, 0) is 23.7 Å². The Morgan fingerprint density at radius 3 is 2.38 bits per heavy atom. The second kappa shape index (κ2) is 6.91. The van der Waals surface area contributed by atoms with Gasteiger partial charge < -0.3 is 10.0 Å². The third-order valence-corrected chi connectivity index (χ3v) is 3.97. The minimum Gasteiger partial charge on any atom is -0.481 e. The van der Waals surface area contributed by atoms with Gasteiger partial charge in [0.25, 0.3) is 0 Å². The molecule has 0 aromatic carbocycles. The number of rotatable bonds is 5. The number of amides is 3. The summed E-state index contributed by atoms with van der Waals surface area (Å²) < 4.78 is 0. The lowest BCUT2D eigenvalue weighted by Crippen LogP contribution is -2.43. The Bertz CT molecular complexity index is 418. The van der Waals surface area contributed by atoms with Gasteiger partial charge >= 0.3 is 12.0 Å². The van der Waals surface area contributed by atoms with Crippen molar-refractivity contribution in [2.75, 3.05) is 13.1 Å². The lowest BCUT2D eigenvalue weighted by atomic mass is 9.85. The van der Waals surface area contributed by atoms with Gasteiger partial charge in [-0.2, -0.15) is 0 Å². The summed E-state index contributed by atoms with van der Waals surface area (Å²) in [5.41, 5.74) is -0.665. The van der Waals surface area contributed by atoms with Crippen LogP contribution in [-0.2, 0) is 9.59 Å². The van der Waals surface area contributed by atoms with E-state index in [1.165, 1.54) is 0 Å². The maximum atomic E-state index is 12.0. The fourth-order valence-electron chi connectivity index (χ4n) is 2.66. The van der Waals surface area contributed by atoms with Crippen LogP contribution in [0.3, 0.4) is 0 Å². The summed E-state index contributed by atoms with van der Waals surface area (Å²) in [5, 5.41) is 11.2. The minimum atomic E-state index is -0.946. The zero-order valence-electron chi connectivity index (χ0n) is 13.3. The molecule has 21 heavy (non-hydrogen) atoms. The molecule has 1 rings (SSSR count). The third-order valence-electron chi connectivity index (χ3n) is 3.97. The number of imide groups is 1. The highest BCUT2D eigenvalue weighted by molar-refractivity contribution is 5.94. The molecule has 3 amide bonds. The van der Waals surface area contributed by atoms with E-state index in [1.54, 1.807) is 18.7 Å². The molecule has 1 heterocycles. The predicted octanol–water partition coefficient (Wildman–Crippen LogP) is 2.09. The van der Waals surface area contributed by atoms with Crippen LogP contribution in [0.5, 0.6) is 0 Å². The van der Waals surface area contributed by atoms with Crippen LogP contribution in [0.15, 0.2) is 0 Å². The molecule has 1 unspecified atom stereocenters. The van der Waals surface area contributed by atoms with Crippen LogP contribution in [0.1, 0.15) is 47.0 Å². The summed E-state index contributed by atoms with van der Waals surface area (Å²) in [6.07, 6.45) is 0.879. The van der Waals surface area contributed by atoms with Gasteiger partial charge in [-0.15, -0.1) is 0 Å². The predicted molar refractivity (Wildman–Crippen MR) is 78.7 cm³/mol. The van der Waals surface area contributed by atoms with E-state index in [0.717, 1.165) is 6.42 Å². The number of hydrogen-bond donors (Lipinski definition) is 2. The first-order chi connectivity index (χ1) is 9.60. The van der Waals surface area contributed by atoms with Gasteiger partial charge in [0.05, 0.1) is 6.42 Å². The summed E-state index contributed by atoms with van der Waals surface area (Å²) in [4.78, 5) is 36.3. The number of hydrogen-bond acceptors (Lipinski definition) is 3. The summed E-state index contributed by atoms with van der Waals surface area (Å²) in [7, 11) is 0. The van der Waals surface area contributed by atoms with Crippen molar-refractivity contribution in [2.45, 2.75) is 47.0 Å². The van der Waals surface area contributed by atoms with Crippen molar-refractivity contribution in [3.8, 4) is 0 Å². The molecule has 0 radical (unpaired) electrons. The average molecular weight is 298 g/mol. The molecule has 6 nitrogen and oxygen atoms in total. The Balaban J connectivity index is 2.45. The van der Waals surface area contributed by atoms with Crippen LogP contribution in [0.25, 0.3) is 0 Å². The second-order valence-corrected chi connectivity index (χ2v) is 7.00. The number of carbonyl (C=O) groups is 3. The summed E-state index contributed by atoms with van der Waals surface area (Å²) >= 11 is 0. The quantitative estimate of drug-likeness (QED) is 0.813. The highest BCUT2D eigenvalue weighted by Gasteiger charge is 2.30. The molecule has 1 atom stereocenters. The molecule has 120 valence electrons. The lowest BCUT2D eigenvalue weighted by Gasteiger charge is -2.23. The molecule has 0 bridgehead atoms. The lowest BCUT2D eigenvalue weighted by molar-refractivity contribution is -0.139. The van der Waals surface area contributed by atoms with E-state index in [2.05, 4.69) is 19.2 Å². The van der Waals surface area contributed by atoms with Crippen LogP contribution in [0.4, 0.5) is 4.79 Å². The number of urea groups is 1. The summed E-state index contributed by atoms with van der Waals surface area (Å²) in [5.74, 6) is -0.361. The van der Waals surface area contributed by atoms with Crippen molar-refractivity contribution in [1.82, 2.24) is 10.2 Å². The SMILES string of the molecule is CC(C)C1CCN(C(=O)NC(=O)CC(C)(C)CC(=O)O)C1. The molecule has 0 aromatic rings. The number of likely N-dealkylation sites (tertiary alicyclic amines) is 1. The van der Waals surface area contributed by atoms with E-state index >= 15 is 0 Å². The molecule has 0 aliphatic carbocycles. The van der Waals surface area contributed by atoms with Gasteiger partial charge in [0.2, 0.25) is 5.91 Å². The van der Waals surface area contributed by atoms with E-state index in [-0.39, 0.29) is 18.9 Å². The van der Waals surface area contributed by atoms with Gasteiger partial charge in [-0.1, -0.05) is 27.7 Å². The van der Waals surface area contributed by atoms with Crippen LogP contribution in [0, 0.1) is 17.3 Å². The van der Waals surface area contributed by atoms with Crippen molar-refractivity contribution in [1.29, 1.82) is 0 Å². The fourth-order valence-corrected chi connectivity index (χ4v) is 2.66. The zero-order chi connectivity index (χ0) is 16.2. The third kappa shape index (κ3) is 5.73. The van der Waals surface area contributed by atoms with Gasteiger partial charge in [-0.3, -0.25) is 14.9 Å². The standard InChI is InChI=1S/C15H26N2O4/c1-10(2)11-5-6-17(9-11)14(21)16-12(18)7-15(3,4)8-13(19)20/h10-11H,5-9H2,1-4H3,(H,19,20)(H,16,18,21). The van der Waals surface area contributed by atoms with E-state index in [9.17, 15) is 14.4 Å². The molecule has 0 spiro atoms. The molecule has 1 aliphatic heterocycles.